The molecule has 0 unspecified atom stereocenters. The van der Waals surface area contributed by atoms with Crippen LogP contribution in [0.25, 0.3) is 0 Å². The molecule has 0 aliphatic heterocycles. The molecule has 0 spiro atoms. The molecule has 0 aromatic carbocycles. The molecule has 4 nitrogen and oxygen atoms in total. The maximum absolute atomic E-state index is 12.1. The van der Waals surface area contributed by atoms with E-state index in [2.05, 4.69) is 4.98 Å². The first-order valence-electron chi connectivity index (χ1n) is 6.19. The van der Waals surface area contributed by atoms with Crippen molar-refractivity contribution in [3.63, 3.8) is 0 Å². The highest BCUT2D eigenvalue weighted by atomic mass is 16.5. The van der Waals surface area contributed by atoms with E-state index >= 15 is 0 Å². The first kappa shape index (κ1) is 14.6. The van der Waals surface area contributed by atoms with Gasteiger partial charge in [0.25, 0.3) is 5.91 Å². The smallest absolute Gasteiger partial charge is 0.251 e. The fraction of sp³-hybridized carbons (Fsp3) is 0.571. The zero-order chi connectivity index (χ0) is 13.7. The molecule has 1 heterocycles. The van der Waals surface area contributed by atoms with Gasteiger partial charge in [0, 0.05) is 19.9 Å². The van der Waals surface area contributed by atoms with Crippen LogP contribution in [0, 0.1) is 13.8 Å². The summed E-state index contributed by atoms with van der Waals surface area (Å²) >= 11 is 0. The minimum absolute atomic E-state index is 0.000888. The molecule has 1 rings (SSSR count). The van der Waals surface area contributed by atoms with Crippen molar-refractivity contribution >= 4 is 5.91 Å². The van der Waals surface area contributed by atoms with E-state index in [1.54, 1.807) is 19.1 Å². The molecule has 1 aromatic heterocycles. The van der Waals surface area contributed by atoms with E-state index in [0.29, 0.717) is 13.0 Å². The van der Waals surface area contributed by atoms with Gasteiger partial charge < -0.3 is 9.64 Å². The van der Waals surface area contributed by atoms with Crippen LogP contribution in [0.1, 0.15) is 30.3 Å². The van der Waals surface area contributed by atoms with E-state index in [1.165, 1.54) is 0 Å². The highest BCUT2D eigenvalue weighted by Crippen LogP contribution is 2.09. The number of aryl methyl sites for hydroxylation is 2. The molecule has 0 bridgehead atoms. The molecule has 0 saturated heterocycles. The third-order valence-electron chi connectivity index (χ3n) is 2.86. The summed E-state index contributed by atoms with van der Waals surface area (Å²) < 4.78 is 5.16. The van der Waals surface area contributed by atoms with Crippen LogP contribution in [-0.2, 0) is 16.1 Å². The summed E-state index contributed by atoms with van der Waals surface area (Å²) in [5.41, 5.74) is 3.05. The minimum atomic E-state index is -0.360. The summed E-state index contributed by atoms with van der Waals surface area (Å²) in [6, 6.07) is 4.03. The Kier molecular flexibility index (Phi) is 5.28. The lowest BCUT2D eigenvalue weighted by molar-refractivity contribution is -0.141. The lowest BCUT2D eigenvalue weighted by atomic mass is 10.2. The van der Waals surface area contributed by atoms with Crippen molar-refractivity contribution in [3.8, 4) is 0 Å². The average molecular weight is 250 g/mol. The molecule has 0 fully saturated rings. The number of methoxy groups -OCH3 is 1. The number of carbonyl (C=O) groups is 1. The van der Waals surface area contributed by atoms with Crippen molar-refractivity contribution in [1.82, 2.24) is 9.88 Å². The highest BCUT2D eigenvalue weighted by molar-refractivity contribution is 5.80. The first-order chi connectivity index (χ1) is 8.47. The molecule has 0 radical (unpaired) electrons. The Morgan fingerprint density at radius 1 is 1.44 bits per heavy atom. The van der Waals surface area contributed by atoms with E-state index in [4.69, 9.17) is 4.74 Å². The van der Waals surface area contributed by atoms with Gasteiger partial charge in [0.05, 0.1) is 12.2 Å². The predicted molar refractivity (Wildman–Crippen MR) is 71.3 cm³/mol. The summed E-state index contributed by atoms with van der Waals surface area (Å²) in [7, 11) is 3.35. The molecule has 100 valence electrons. The molecule has 4 heteroatoms. The van der Waals surface area contributed by atoms with Gasteiger partial charge in [-0.1, -0.05) is 6.92 Å². The van der Waals surface area contributed by atoms with E-state index in [-0.39, 0.29) is 12.0 Å². The quantitative estimate of drug-likeness (QED) is 0.803. The Morgan fingerprint density at radius 3 is 2.61 bits per heavy atom. The summed E-state index contributed by atoms with van der Waals surface area (Å²) in [5, 5.41) is 0. The Balaban J connectivity index is 2.74. The van der Waals surface area contributed by atoms with Crippen LogP contribution in [-0.4, -0.2) is 36.1 Å². The van der Waals surface area contributed by atoms with Crippen molar-refractivity contribution < 1.29 is 9.53 Å². The van der Waals surface area contributed by atoms with Gasteiger partial charge in [-0.05, 0) is 38.0 Å². The minimum Gasteiger partial charge on any atom is -0.372 e. The van der Waals surface area contributed by atoms with Crippen molar-refractivity contribution in [1.29, 1.82) is 0 Å². The molecule has 0 saturated carbocycles. The molecule has 0 aliphatic carbocycles. The molecule has 1 amide bonds. The molecule has 0 N–H and O–H groups in total. The summed E-state index contributed by atoms with van der Waals surface area (Å²) in [6.07, 6.45) is 0.320. The second kappa shape index (κ2) is 6.50. The average Bonchev–Trinajstić information content (AvgIpc) is 2.28. The normalized spacial score (nSPS) is 12.3. The summed E-state index contributed by atoms with van der Waals surface area (Å²) in [6.45, 7) is 6.45. The molecular weight excluding hydrogens is 228 g/mol. The fourth-order valence-corrected chi connectivity index (χ4v) is 2.01. The predicted octanol–water partition coefficient (Wildman–Crippen LogP) is 2.08. The van der Waals surface area contributed by atoms with Gasteiger partial charge in [-0.3, -0.25) is 9.78 Å². The molecule has 1 atom stereocenters. The van der Waals surface area contributed by atoms with Crippen LogP contribution in [0.15, 0.2) is 12.1 Å². The number of rotatable bonds is 5. The first-order valence-corrected chi connectivity index (χ1v) is 6.19. The highest BCUT2D eigenvalue weighted by Gasteiger charge is 2.20. The van der Waals surface area contributed by atoms with Crippen LogP contribution < -0.4 is 0 Å². The number of nitrogens with zero attached hydrogens (tertiary/aromatic N) is 2. The Labute approximate surface area is 109 Å². The zero-order valence-electron chi connectivity index (χ0n) is 11.9. The van der Waals surface area contributed by atoms with Crippen LogP contribution in [0.5, 0.6) is 0 Å². The SMILES string of the molecule is CC[C@H](OC)C(=O)N(C)Cc1cc(C)cc(C)n1. The van der Waals surface area contributed by atoms with Crippen LogP contribution >= 0.6 is 0 Å². The Hall–Kier alpha value is -1.42. The Bertz CT molecular complexity index is 394. The zero-order valence-corrected chi connectivity index (χ0v) is 11.9. The number of amides is 1. The number of likely N-dealkylation sites (N-methyl/N-ethyl adjacent to an activating group) is 1. The van der Waals surface area contributed by atoms with Gasteiger partial charge in [0.1, 0.15) is 6.10 Å². The number of ether oxygens (including phenoxy) is 1. The van der Waals surface area contributed by atoms with E-state index in [1.807, 2.05) is 32.9 Å². The molecule has 0 aliphatic rings. The van der Waals surface area contributed by atoms with Gasteiger partial charge in [-0.2, -0.15) is 0 Å². The number of hydrogen-bond acceptors (Lipinski definition) is 3. The lowest BCUT2D eigenvalue weighted by Crippen LogP contribution is -2.36. The largest absolute Gasteiger partial charge is 0.372 e. The number of aromatic nitrogens is 1. The summed E-state index contributed by atoms with van der Waals surface area (Å²) in [5.74, 6) is 0.000888. The number of hydrogen-bond donors (Lipinski definition) is 0. The van der Waals surface area contributed by atoms with Crippen molar-refractivity contribution in [2.45, 2.75) is 39.8 Å². The fourth-order valence-electron chi connectivity index (χ4n) is 2.01. The monoisotopic (exact) mass is 250 g/mol. The third-order valence-corrected chi connectivity index (χ3v) is 2.86. The maximum Gasteiger partial charge on any atom is 0.251 e. The van der Waals surface area contributed by atoms with E-state index < -0.39 is 0 Å². The van der Waals surface area contributed by atoms with Gasteiger partial charge >= 0.3 is 0 Å². The molecule has 1 aromatic rings. The van der Waals surface area contributed by atoms with Crippen LogP contribution in [0.4, 0.5) is 0 Å². The van der Waals surface area contributed by atoms with Crippen molar-refractivity contribution in [2.75, 3.05) is 14.2 Å². The second-order valence-electron chi connectivity index (χ2n) is 4.60. The lowest BCUT2D eigenvalue weighted by Gasteiger charge is -2.22. The second-order valence-corrected chi connectivity index (χ2v) is 4.60. The standard InChI is InChI=1S/C14H22N2O2/c1-6-13(18-5)14(17)16(4)9-12-8-10(2)7-11(3)15-12/h7-8,13H,6,9H2,1-5H3/t13-/m0/s1. The van der Waals surface area contributed by atoms with Gasteiger partial charge in [0.15, 0.2) is 0 Å². The van der Waals surface area contributed by atoms with Gasteiger partial charge in [0.2, 0.25) is 0 Å². The molecule has 18 heavy (non-hydrogen) atoms. The Morgan fingerprint density at radius 2 is 2.11 bits per heavy atom. The van der Waals surface area contributed by atoms with E-state index in [0.717, 1.165) is 17.0 Å². The number of carbonyl (C=O) groups excluding carboxylic acids is 1. The summed E-state index contributed by atoms with van der Waals surface area (Å²) in [4.78, 5) is 18.2. The molecular formula is C14H22N2O2. The van der Waals surface area contributed by atoms with E-state index in [9.17, 15) is 4.79 Å². The van der Waals surface area contributed by atoms with Crippen LogP contribution in [0.2, 0.25) is 0 Å². The van der Waals surface area contributed by atoms with Crippen molar-refractivity contribution in [2.24, 2.45) is 0 Å². The third kappa shape index (κ3) is 3.81. The van der Waals surface area contributed by atoms with Crippen molar-refractivity contribution in [3.05, 3.63) is 29.1 Å². The van der Waals surface area contributed by atoms with Crippen LogP contribution in [0.3, 0.4) is 0 Å². The van der Waals surface area contributed by atoms with Gasteiger partial charge in [-0.15, -0.1) is 0 Å². The van der Waals surface area contributed by atoms with Gasteiger partial charge in [-0.25, -0.2) is 0 Å². The number of pyridine rings is 1. The topological polar surface area (TPSA) is 42.4 Å². The maximum atomic E-state index is 12.1.